The molecule has 1 aromatic heterocycles. The monoisotopic (exact) mass is 474 g/mol. The fourth-order valence-corrected chi connectivity index (χ4v) is 4.65. The van der Waals surface area contributed by atoms with Crippen LogP contribution in [0.3, 0.4) is 0 Å². The quantitative estimate of drug-likeness (QED) is 0.674. The number of rotatable bonds is 4. The molecule has 0 saturated carbocycles. The number of nitrogens with zero attached hydrogens (tertiary/aromatic N) is 4. The summed E-state index contributed by atoms with van der Waals surface area (Å²) in [4.78, 5) is 29.9. The first-order valence-electron chi connectivity index (χ1n) is 9.82. The molecule has 1 amide bonds. The Morgan fingerprint density at radius 1 is 1.23 bits per heavy atom. The fraction of sp³-hybridized carbons (Fsp3) is 0.400. The minimum absolute atomic E-state index is 0.0251. The molecule has 0 radical (unpaired) electrons. The van der Waals surface area contributed by atoms with E-state index in [-0.39, 0.29) is 29.4 Å². The third kappa shape index (κ3) is 3.23. The first kappa shape index (κ1) is 21.0. The van der Waals surface area contributed by atoms with Gasteiger partial charge in [-0.15, -0.1) is 0 Å². The molecule has 1 atom stereocenters. The minimum atomic E-state index is -0.633. The smallest absolute Gasteiger partial charge is 0.376 e. The van der Waals surface area contributed by atoms with Gasteiger partial charge in [-0.2, -0.15) is 0 Å². The number of amides is 1. The number of benzene rings is 1. The summed E-state index contributed by atoms with van der Waals surface area (Å²) in [6.07, 6.45) is 2.28. The van der Waals surface area contributed by atoms with Gasteiger partial charge in [-0.1, -0.05) is 30.3 Å². The summed E-state index contributed by atoms with van der Waals surface area (Å²) < 4.78 is 7.90. The summed E-state index contributed by atoms with van der Waals surface area (Å²) >= 11 is 3.33. The molecular weight excluding hydrogens is 451 g/mol. The van der Waals surface area contributed by atoms with E-state index in [0.29, 0.717) is 24.0 Å². The topological polar surface area (TPSA) is 78.3 Å². The average molecular weight is 475 g/mol. The minimum Gasteiger partial charge on any atom is -0.482 e. The zero-order chi connectivity index (χ0) is 21.6. The predicted molar refractivity (Wildman–Crippen MR) is 118 cm³/mol. The maximum absolute atomic E-state index is 13.5. The molecule has 158 valence electrons. The van der Waals surface area contributed by atoms with Crippen LogP contribution in [-0.2, 0) is 6.61 Å². The Bertz CT molecular complexity index is 1030. The van der Waals surface area contributed by atoms with Crippen molar-refractivity contribution in [1.82, 2.24) is 14.4 Å². The van der Waals surface area contributed by atoms with Crippen molar-refractivity contribution in [3.63, 3.8) is 0 Å². The number of pyridine rings is 1. The molecule has 1 fully saturated rings. The summed E-state index contributed by atoms with van der Waals surface area (Å²) in [6, 6.07) is 9.50. The summed E-state index contributed by atoms with van der Waals surface area (Å²) in [5, 5.41) is 12.0. The van der Waals surface area contributed by atoms with Crippen LogP contribution < -0.4 is 15.2 Å². The Hall–Kier alpha value is -2.30. The van der Waals surface area contributed by atoms with E-state index in [2.05, 4.69) is 15.9 Å². The molecule has 2 aliphatic heterocycles. The van der Waals surface area contributed by atoms with E-state index in [1.807, 2.05) is 47.2 Å². The molecule has 3 heterocycles. The Morgan fingerprint density at radius 2 is 1.93 bits per heavy atom. The number of hydrogen-bond acceptors (Lipinski definition) is 6. The van der Waals surface area contributed by atoms with Gasteiger partial charge in [0.05, 0.1) is 4.47 Å². The van der Waals surface area contributed by atoms with Gasteiger partial charge in [0.25, 0.3) is 5.91 Å². The normalized spacial score (nSPS) is 21.3. The lowest BCUT2D eigenvalue weighted by molar-refractivity contribution is 0.0422. The number of fused-ring (bicyclic) bond motifs is 1. The van der Waals surface area contributed by atoms with Crippen molar-refractivity contribution < 1.29 is 14.6 Å². The van der Waals surface area contributed by atoms with Gasteiger partial charge in [-0.25, -0.2) is 0 Å². The number of ether oxygens (including phenoxy) is 1. The molecule has 1 spiro atoms. The standard InChI is InChI=1S/C20H24BBrN4O4/c1-21(29)25-10-9-20(13-25)23(2)19(28)16-18(30-12-14-7-5-4-6-8-14)17(27)15(22)11-26(16)24(20)3/h4-8,11,29H,9-10,12-13H2,1-3H3. The molecule has 2 aromatic rings. The Labute approximate surface area is 183 Å². The molecule has 8 nitrogen and oxygen atoms in total. The van der Waals surface area contributed by atoms with Crippen LogP contribution in [0.4, 0.5) is 0 Å². The maximum atomic E-state index is 13.5. The fourth-order valence-electron chi connectivity index (χ4n) is 4.27. The Balaban J connectivity index is 1.77. The number of halogens is 1. The lowest BCUT2D eigenvalue weighted by Gasteiger charge is -2.51. The van der Waals surface area contributed by atoms with E-state index in [9.17, 15) is 14.6 Å². The summed E-state index contributed by atoms with van der Waals surface area (Å²) in [7, 11) is 3.02. The summed E-state index contributed by atoms with van der Waals surface area (Å²) in [6.45, 7) is 3.06. The summed E-state index contributed by atoms with van der Waals surface area (Å²) in [5.74, 6) is -0.259. The van der Waals surface area contributed by atoms with E-state index in [0.717, 1.165) is 5.56 Å². The van der Waals surface area contributed by atoms with E-state index in [1.165, 1.54) is 0 Å². The van der Waals surface area contributed by atoms with Crippen LogP contribution in [0.25, 0.3) is 0 Å². The molecule has 1 aromatic carbocycles. The maximum Gasteiger partial charge on any atom is 0.376 e. The second-order valence-corrected chi connectivity index (χ2v) is 8.68. The van der Waals surface area contributed by atoms with Gasteiger partial charge in [0.15, 0.2) is 11.4 Å². The van der Waals surface area contributed by atoms with Crippen LogP contribution in [0.1, 0.15) is 22.5 Å². The third-order valence-electron chi connectivity index (χ3n) is 6.17. The van der Waals surface area contributed by atoms with Crippen molar-refractivity contribution in [1.29, 1.82) is 0 Å². The summed E-state index contributed by atoms with van der Waals surface area (Å²) in [5.41, 5.74) is 0.109. The van der Waals surface area contributed by atoms with Gasteiger partial charge in [0.1, 0.15) is 12.3 Å². The molecule has 4 rings (SSSR count). The lowest BCUT2D eigenvalue weighted by atomic mass is 9.85. The van der Waals surface area contributed by atoms with Gasteiger partial charge >= 0.3 is 7.05 Å². The van der Waals surface area contributed by atoms with Gasteiger partial charge < -0.3 is 19.5 Å². The average Bonchev–Trinajstić information content (AvgIpc) is 3.19. The number of aromatic nitrogens is 1. The van der Waals surface area contributed by atoms with E-state index in [1.54, 1.807) is 29.6 Å². The number of carbonyl (C=O) groups is 1. The Morgan fingerprint density at radius 3 is 2.57 bits per heavy atom. The highest BCUT2D eigenvalue weighted by molar-refractivity contribution is 9.10. The van der Waals surface area contributed by atoms with Crippen molar-refractivity contribution in [2.45, 2.75) is 25.5 Å². The van der Waals surface area contributed by atoms with Crippen LogP contribution in [0.15, 0.2) is 45.8 Å². The highest BCUT2D eigenvalue weighted by Crippen LogP contribution is 2.36. The first-order valence-corrected chi connectivity index (χ1v) is 10.6. The van der Waals surface area contributed by atoms with Gasteiger partial charge in [0.2, 0.25) is 5.43 Å². The van der Waals surface area contributed by atoms with Crippen LogP contribution in [0.5, 0.6) is 5.75 Å². The zero-order valence-electron chi connectivity index (χ0n) is 17.2. The molecule has 1 saturated heterocycles. The predicted octanol–water partition coefficient (Wildman–Crippen LogP) is 1.36. The molecule has 1 unspecified atom stereocenters. The molecular formula is C20H24BBrN4O4. The van der Waals surface area contributed by atoms with Crippen LogP contribution in [0.2, 0.25) is 6.82 Å². The molecule has 30 heavy (non-hydrogen) atoms. The largest absolute Gasteiger partial charge is 0.482 e. The van der Waals surface area contributed by atoms with Crippen LogP contribution in [0, 0.1) is 0 Å². The second-order valence-electron chi connectivity index (χ2n) is 7.83. The number of hydrogen-bond donors (Lipinski definition) is 1. The SMILES string of the molecule is CB(O)N1CCC2(C1)N(C)C(=O)c1c(OCc3ccccc3)c(=O)c(Br)cn1N2C. The first-order chi connectivity index (χ1) is 14.3. The van der Waals surface area contributed by atoms with E-state index < -0.39 is 12.7 Å². The Kier molecular flexibility index (Phi) is 5.42. The van der Waals surface area contributed by atoms with Crippen LogP contribution in [-0.4, -0.2) is 65.2 Å². The van der Waals surface area contributed by atoms with Gasteiger partial charge in [0, 0.05) is 33.3 Å². The number of carbonyl (C=O) groups excluding carboxylic acids is 1. The molecule has 1 N–H and O–H groups in total. The van der Waals surface area contributed by atoms with E-state index in [4.69, 9.17) is 4.74 Å². The van der Waals surface area contributed by atoms with Gasteiger partial charge in [-0.3, -0.25) is 19.3 Å². The van der Waals surface area contributed by atoms with Crippen LogP contribution >= 0.6 is 15.9 Å². The lowest BCUT2D eigenvalue weighted by Crippen LogP contribution is -2.69. The highest BCUT2D eigenvalue weighted by atomic mass is 79.9. The third-order valence-corrected chi connectivity index (χ3v) is 6.74. The van der Waals surface area contributed by atoms with Crippen molar-refractivity contribution in [3.8, 4) is 5.75 Å². The molecule has 0 aliphatic carbocycles. The molecule has 2 aliphatic rings. The molecule has 10 heteroatoms. The van der Waals surface area contributed by atoms with Gasteiger partial charge in [-0.05, 0) is 34.9 Å². The van der Waals surface area contributed by atoms with E-state index >= 15 is 0 Å². The van der Waals surface area contributed by atoms with Crippen molar-refractivity contribution >= 4 is 28.9 Å². The zero-order valence-corrected chi connectivity index (χ0v) is 18.8. The highest BCUT2D eigenvalue weighted by Gasteiger charge is 2.53. The second kappa shape index (κ2) is 7.75. The number of likely N-dealkylation sites (N-methyl/N-ethyl adjacent to an activating group) is 2. The van der Waals surface area contributed by atoms with Crippen molar-refractivity contribution in [3.05, 3.63) is 62.5 Å². The van der Waals surface area contributed by atoms with Crippen molar-refractivity contribution in [2.75, 3.05) is 32.2 Å². The molecule has 0 bridgehead atoms. The van der Waals surface area contributed by atoms with Crippen molar-refractivity contribution in [2.24, 2.45) is 0 Å².